The summed E-state index contributed by atoms with van der Waals surface area (Å²) >= 11 is 0. The largest absolute Gasteiger partial charge is 0.462 e. The number of esters is 3. The van der Waals surface area contributed by atoms with Gasteiger partial charge in [-0.2, -0.15) is 0 Å². The molecule has 0 amide bonds. The first-order valence-electron chi connectivity index (χ1n) is 31.7. The molecule has 0 aromatic rings. The van der Waals surface area contributed by atoms with Gasteiger partial charge >= 0.3 is 17.9 Å². The Balaban J connectivity index is 4.32. The fourth-order valence-corrected chi connectivity index (χ4v) is 8.80. The summed E-state index contributed by atoms with van der Waals surface area (Å²) in [5.41, 5.74) is 0. The number of hydrogen-bond acceptors (Lipinski definition) is 6. The molecule has 0 aliphatic rings. The Bertz CT molecular complexity index is 1480. The highest BCUT2D eigenvalue weighted by Crippen LogP contribution is 2.16. The van der Waals surface area contributed by atoms with E-state index < -0.39 is 6.10 Å². The van der Waals surface area contributed by atoms with E-state index in [1.807, 2.05) is 0 Å². The standard InChI is InChI=1S/C69H118O6/c1-4-7-10-13-16-19-22-25-27-29-31-32-33-34-35-36-38-39-41-44-47-50-53-56-59-62-68(71)74-65-66(64-73-67(70)61-58-55-52-49-46-43-24-21-18-15-12-9-6-3)75-69(72)63-60-57-54-51-48-45-42-40-37-30-28-26-23-20-17-14-11-8-5-2/h7,10,12,15-17,19-21,24-28,31-32,66H,4-6,8-9,11,13-14,18,22-23,29-30,33-65H2,1-3H3/b10-7-,15-12-,19-16-,20-17-,24-21-,27-25-,28-26-,32-31-. The fourth-order valence-electron chi connectivity index (χ4n) is 8.80. The minimum Gasteiger partial charge on any atom is -0.462 e. The first-order valence-corrected chi connectivity index (χ1v) is 31.7. The van der Waals surface area contributed by atoms with Crippen LogP contribution < -0.4 is 0 Å². The zero-order valence-corrected chi connectivity index (χ0v) is 49.3. The van der Waals surface area contributed by atoms with Gasteiger partial charge < -0.3 is 14.2 Å². The Morgan fingerprint density at radius 3 is 0.867 bits per heavy atom. The van der Waals surface area contributed by atoms with Gasteiger partial charge in [-0.3, -0.25) is 14.4 Å². The summed E-state index contributed by atoms with van der Waals surface area (Å²) < 4.78 is 16.9. The summed E-state index contributed by atoms with van der Waals surface area (Å²) in [6.07, 6.45) is 84.1. The van der Waals surface area contributed by atoms with Gasteiger partial charge in [-0.1, -0.05) is 266 Å². The second-order valence-electron chi connectivity index (χ2n) is 20.9. The molecule has 0 radical (unpaired) electrons. The minimum atomic E-state index is -0.788. The first kappa shape index (κ1) is 71.3. The fraction of sp³-hybridized carbons (Fsp3) is 0.725. The summed E-state index contributed by atoms with van der Waals surface area (Å²) in [5, 5.41) is 0. The zero-order valence-electron chi connectivity index (χ0n) is 49.3. The molecule has 1 unspecified atom stereocenters. The molecule has 0 aliphatic carbocycles. The van der Waals surface area contributed by atoms with E-state index in [-0.39, 0.29) is 31.1 Å². The number of carbonyl (C=O) groups is 3. The van der Waals surface area contributed by atoms with Crippen molar-refractivity contribution in [2.45, 2.75) is 309 Å². The topological polar surface area (TPSA) is 78.9 Å². The number of unbranched alkanes of at least 4 members (excludes halogenated alkanes) is 30. The van der Waals surface area contributed by atoms with Crippen LogP contribution in [0.4, 0.5) is 0 Å². The maximum atomic E-state index is 12.9. The predicted molar refractivity (Wildman–Crippen MR) is 325 cm³/mol. The third-order valence-corrected chi connectivity index (χ3v) is 13.5. The Morgan fingerprint density at radius 2 is 0.547 bits per heavy atom. The van der Waals surface area contributed by atoms with Crippen LogP contribution in [0.15, 0.2) is 97.2 Å². The predicted octanol–water partition coefficient (Wildman–Crippen LogP) is 21.7. The van der Waals surface area contributed by atoms with Crippen LogP contribution in [-0.4, -0.2) is 37.2 Å². The number of carbonyl (C=O) groups excluding carboxylic acids is 3. The molecule has 0 saturated carbocycles. The van der Waals surface area contributed by atoms with E-state index >= 15 is 0 Å². The summed E-state index contributed by atoms with van der Waals surface area (Å²) in [6, 6.07) is 0. The molecule has 6 nitrogen and oxygen atoms in total. The molecule has 0 aromatic carbocycles. The van der Waals surface area contributed by atoms with E-state index in [4.69, 9.17) is 14.2 Å². The molecule has 0 aliphatic heterocycles. The molecule has 430 valence electrons. The first-order chi connectivity index (χ1) is 37.0. The smallest absolute Gasteiger partial charge is 0.306 e. The van der Waals surface area contributed by atoms with Gasteiger partial charge in [0.25, 0.3) is 0 Å². The Kier molecular flexibility index (Phi) is 59.8. The van der Waals surface area contributed by atoms with Crippen LogP contribution in [0, 0.1) is 0 Å². The second-order valence-corrected chi connectivity index (χ2v) is 20.9. The maximum Gasteiger partial charge on any atom is 0.306 e. The van der Waals surface area contributed by atoms with E-state index in [0.717, 1.165) is 122 Å². The van der Waals surface area contributed by atoms with Crippen LogP contribution >= 0.6 is 0 Å². The third kappa shape index (κ3) is 61.1. The molecule has 0 rings (SSSR count). The van der Waals surface area contributed by atoms with Crippen molar-refractivity contribution < 1.29 is 28.6 Å². The van der Waals surface area contributed by atoms with E-state index in [1.165, 1.54) is 141 Å². The third-order valence-electron chi connectivity index (χ3n) is 13.5. The van der Waals surface area contributed by atoms with E-state index in [1.54, 1.807) is 0 Å². The lowest BCUT2D eigenvalue weighted by Gasteiger charge is -2.18. The molecule has 0 aromatic heterocycles. The molecule has 75 heavy (non-hydrogen) atoms. The number of hydrogen-bond donors (Lipinski definition) is 0. The zero-order chi connectivity index (χ0) is 54.3. The molecule has 0 N–H and O–H groups in total. The molecule has 1 atom stereocenters. The lowest BCUT2D eigenvalue weighted by atomic mass is 10.0. The van der Waals surface area contributed by atoms with E-state index in [2.05, 4.69) is 118 Å². The second kappa shape index (κ2) is 62.9. The molecule has 0 fully saturated rings. The Hall–Kier alpha value is -3.67. The van der Waals surface area contributed by atoms with Crippen molar-refractivity contribution in [3.8, 4) is 0 Å². The van der Waals surface area contributed by atoms with Crippen LogP contribution in [0.5, 0.6) is 0 Å². The van der Waals surface area contributed by atoms with Gasteiger partial charge in [-0.05, 0) is 116 Å². The van der Waals surface area contributed by atoms with Crippen molar-refractivity contribution in [1.29, 1.82) is 0 Å². The summed E-state index contributed by atoms with van der Waals surface area (Å²) in [7, 11) is 0. The normalized spacial score (nSPS) is 12.7. The van der Waals surface area contributed by atoms with Crippen molar-refractivity contribution in [1.82, 2.24) is 0 Å². The van der Waals surface area contributed by atoms with Crippen molar-refractivity contribution in [3.63, 3.8) is 0 Å². The van der Waals surface area contributed by atoms with Crippen LogP contribution in [-0.2, 0) is 28.6 Å². The van der Waals surface area contributed by atoms with Gasteiger partial charge in [0.05, 0.1) is 0 Å². The molecule has 0 spiro atoms. The highest BCUT2D eigenvalue weighted by molar-refractivity contribution is 5.71. The molecule has 6 heteroatoms. The SMILES string of the molecule is CC/C=C\C/C=C\C/C=C\C/C=C\CCCCCCCCCCCCCCC(=O)OCC(COC(=O)CCCCCCC/C=C\C/C=C\CCC)OC(=O)CCCCCCCCCCC/C=C\C/C=C\CCCCC. The monoisotopic (exact) mass is 1040 g/mol. The minimum absolute atomic E-state index is 0.0839. The van der Waals surface area contributed by atoms with Gasteiger partial charge in [0.2, 0.25) is 0 Å². The lowest BCUT2D eigenvalue weighted by molar-refractivity contribution is -0.167. The van der Waals surface area contributed by atoms with Crippen molar-refractivity contribution >= 4 is 17.9 Å². The van der Waals surface area contributed by atoms with Crippen LogP contribution in [0.3, 0.4) is 0 Å². The highest BCUT2D eigenvalue weighted by Gasteiger charge is 2.19. The number of allylic oxidation sites excluding steroid dienone is 16. The average Bonchev–Trinajstić information content (AvgIpc) is 3.41. The molecular weight excluding hydrogens is 925 g/mol. The van der Waals surface area contributed by atoms with Gasteiger partial charge in [0, 0.05) is 19.3 Å². The number of rotatable bonds is 57. The Morgan fingerprint density at radius 1 is 0.280 bits per heavy atom. The maximum absolute atomic E-state index is 12.9. The average molecular weight is 1040 g/mol. The summed E-state index contributed by atoms with van der Waals surface area (Å²) in [6.45, 7) is 6.45. The highest BCUT2D eigenvalue weighted by atomic mass is 16.6. The van der Waals surface area contributed by atoms with E-state index in [9.17, 15) is 14.4 Å². The summed E-state index contributed by atoms with van der Waals surface area (Å²) in [4.78, 5) is 38.3. The van der Waals surface area contributed by atoms with Crippen LogP contribution in [0.1, 0.15) is 303 Å². The summed E-state index contributed by atoms with van der Waals surface area (Å²) in [5.74, 6) is -0.896. The van der Waals surface area contributed by atoms with Crippen molar-refractivity contribution in [3.05, 3.63) is 97.2 Å². The molecular formula is C69H118O6. The van der Waals surface area contributed by atoms with Gasteiger partial charge in [-0.15, -0.1) is 0 Å². The molecule has 0 heterocycles. The van der Waals surface area contributed by atoms with Gasteiger partial charge in [0.1, 0.15) is 13.2 Å². The van der Waals surface area contributed by atoms with Crippen molar-refractivity contribution in [2.75, 3.05) is 13.2 Å². The van der Waals surface area contributed by atoms with Crippen molar-refractivity contribution in [2.24, 2.45) is 0 Å². The lowest BCUT2D eigenvalue weighted by Crippen LogP contribution is -2.30. The van der Waals surface area contributed by atoms with Crippen LogP contribution in [0.25, 0.3) is 0 Å². The molecule has 0 bridgehead atoms. The van der Waals surface area contributed by atoms with E-state index in [0.29, 0.717) is 19.3 Å². The van der Waals surface area contributed by atoms with Gasteiger partial charge in [-0.25, -0.2) is 0 Å². The van der Waals surface area contributed by atoms with Crippen LogP contribution in [0.2, 0.25) is 0 Å². The quantitative estimate of drug-likeness (QED) is 0.0261. The molecule has 0 saturated heterocycles. The number of ether oxygens (including phenoxy) is 3. The van der Waals surface area contributed by atoms with Gasteiger partial charge in [0.15, 0.2) is 6.10 Å². The Labute approximate surface area is 464 Å².